The first-order chi connectivity index (χ1) is 16.7. The molecule has 5 aliphatic rings. The summed E-state index contributed by atoms with van der Waals surface area (Å²) in [6, 6.07) is 0. The summed E-state index contributed by atoms with van der Waals surface area (Å²) in [5, 5.41) is 14.3. The highest BCUT2D eigenvalue weighted by molar-refractivity contribution is 5.95. The molecule has 0 radical (unpaired) electrons. The van der Waals surface area contributed by atoms with Crippen LogP contribution in [-0.4, -0.2) is 22.7 Å². The predicted molar refractivity (Wildman–Crippen MR) is 141 cm³/mol. The van der Waals surface area contributed by atoms with E-state index in [0.29, 0.717) is 17.6 Å². The van der Waals surface area contributed by atoms with E-state index in [2.05, 4.69) is 59.7 Å². The van der Waals surface area contributed by atoms with E-state index in [1.807, 2.05) is 6.20 Å². The fourth-order valence-electron chi connectivity index (χ4n) is 11.1. The quantitative estimate of drug-likeness (QED) is 0.479. The lowest BCUT2D eigenvalue weighted by molar-refractivity contribution is -0.174. The van der Waals surface area contributed by atoms with Gasteiger partial charge in [-0.25, -0.2) is 0 Å². The summed E-state index contributed by atoms with van der Waals surface area (Å²) < 4.78 is 5.81. The Morgan fingerprint density at radius 1 is 1.03 bits per heavy atom. The van der Waals surface area contributed by atoms with Crippen LogP contribution in [0.2, 0.25) is 0 Å². The third kappa shape index (κ3) is 2.91. The zero-order valence-electron chi connectivity index (χ0n) is 23.7. The number of hydrogen-bond donors (Lipinski definition) is 1. The summed E-state index contributed by atoms with van der Waals surface area (Å²) >= 11 is 0. The second kappa shape index (κ2) is 7.36. The molecule has 4 heteroatoms. The summed E-state index contributed by atoms with van der Waals surface area (Å²) in [5.74, 6) is 2.30. The molecule has 0 spiro atoms. The molecule has 3 saturated carbocycles. The monoisotopic (exact) mass is 493 g/mol. The predicted octanol–water partition coefficient (Wildman–Crippen LogP) is 7.05. The zero-order valence-corrected chi connectivity index (χ0v) is 23.7. The Hall–Kier alpha value is -1.42. The highest BCUT2D eigenvalue weighted by Gasteiger charge is 2.69. The van der Waals surface area contributed by atoms with E-state index in [9.17, 15) is 9.90 Å². The molecule has 0 amide bonds. The van der Waals surface area contributed by atoms with Gasteiger partial charge in [-0.15, -0.1) is 0 Å². The van der Waals surface area contributed by atoms with Crippen molar-refractivity contribution in [2.24, 2.45) is 44.8 Å². The van der Waals surface area contributed by atoms with Crippen molar-refractivity contribution in [2.45, 2.75) is 112 Å². The lowest BCUT2D eigenvalue weighted by Gasteiger charge is -2.69. The summed E-state index contributed by atoms with van der Waals surface area (Å²) in [4.78, 5) is 14.4. The molecule has 5 aliphatic carbocycles. The highest BCUT2D eigenvalue weighted by atomic mass is 16.5. The molecule has 4 nitrogen and oxygen atoms in total. The fourth-order valence-corrected chi connectivity index (χ4v) is 11.1. The van der Waals surface area contributed by atoms with Gasteiger partial charge in [-0.05, 0) is 103 Å². The number of ketones is 1. The van der Waals surface area contributed by atoms with E-state index in [-0.39, 0.29) is 45.0 Å². The Labute approximate surface area is 217 Å². The molecule has 0 saturated heterocycles. The van der Waals surface area contributed by atoms with Crippen molar-refractivity contribution in [3.63, 3.8) is 0 Å². The molecule has 1 aromatic heterocycles. The van der Waals surface area contributed by atoms with Gasteiger partial charge in [0, 0.05) is 23.5 Å². The van der Waals surface area contributed by atoms with E-state index in [4.69, 9.17) is 4.52 Å². The van der Waals surface area contributed by atoms with Crippen molar-refractivity contribution < 1.29 is 14.4 Å². The number of fused-ring (bicyclic) bond motifs is 8. The van der Waals surface area contributed by atoms with Crippen LogP contribution in [0.1, 0.15) is 111 Å². The van der Waals surface area contributed by atoms with Crippen molar-refractivity contribution in [3.8, 4) is 0 Å². The molecule has 0 aromatic carbocycles. The number of aromatic nitrogens is 1. The SMILES string of the molecule is CC1(C)CC[C@]2(CCO)CC[C@]3(C)C(C(=O)C=C4[C@@]5(C)Cc6cnoc6C(C)(C)[C@@H]5CC[C@]43C)C2C1. The first-order valence-corrected chi connectivity index (χ1v) is 14.6. The number of aliphatic hydroxyl groups is 1. The van der Waals surface area contributed by atoms with Crippen molar-refractivity contribution >= 4 is 5.78 Å². The average Bonchev–Trinajstić information content (AvgIpc) is 3.25. The van der Waals surface area contributed by atoms with Gasteiger partial charge in [-0.2, -0.15) is 0 Å². The number of rotatable bonds is 2. The number of carbonyl (C=O) groups excluding carboxylic acids is 1. The molecular weight excluding hydrogens is 446 g/mol. The van der Waals surface area contributed by atoms with Gasteiger partial charge in [0.2, 0.25) is 0 Å². The van der Waals surface area contributed by atoms with Crippen LogP contribution in [-0.2, 0) is 16.6 Å². The first-order valence-electron chi connectivity index (χ1n) is 14.6. The Morgan fingerprint density at radius 3 is 2.47 bits per heavy atom. The van der Waals surface area contributed by atoms with E-state index in [0.717, 1.165) is 57.1 Å². The minimum absolute atomic E-state index is 0.00847. The standard InChI is InChI=1S/C32H47NO3/c1-27(2)10-12-32(14-15-34)13-11-31(7)25(21(32)18-27)22(35)16-24-29(5)17-20-19-33-36-26(20)28(3,4)23(29)8-9-30(24,31)6/h16,19,21,23,25,34H,8-15,17-18H2,1-7H3/t21?,23-,25?,29-,30+,31+,32+/m0/s1. The maximum absolute atomic E-state index is 14.4. The fraction of sp³-hybridized carbons (Fsp3) is 0.812. The molecule has 6 rings (SSSR count). The number of allylic oxidation sites excluding steroid dienone is 2. The Morgan fingerprint density at radius 2 is 1.75 bits per heavy atom. The van der Waals surface area contributed by atoms with Gasteiger partial charge in [0.05, 0.1) is 6.20 Å². The summed E-state index contributed by atoms with van der Waals surface area (Å²) in [6.45, 7) is 17.1. The van der Waals surface area contributed by atoms with Gasteiger partial charge in [0.1, 0.15) is 5.76 Å². The van der Waals surface area contributed by atoms with Gasteiger partial charge >= 0.3 is 0 Å². The van der Waals surface area contributed by atoms with Gasteiger partial charge in [-0.3, -0.25) is 4.79 Å². The van der Waals surface area contributed by atoms with Crippen LogP contribution in [0.25, 0.3) is 0 Å². The normalized spacial score (nSPS) is 46.5. The summed E-state index contributed by atoms with van der Waals surface area (Å²) in [7, 11) is 0. The van der Waals surface area contributed by atoms with Crippen LogP contribution < -0.4 is 0 Å². The lowest BCUT2D eigenvalue weighted by Crippen LogP contribution is -2.65. The lowest BCUT2D eigenvalue weighted by atomic mass is 9.34. The van der Waals surface area contributed by atoms with Gasteiger partial charge in [0.15, 0.2) is 5.78 Å². The molecule has 36 heavy (non-hydrogen) atoms. The third-order valence-electron chi connectivity index (χ3n) is 13.1. The minimum atomic E-state index is -0.0992. The summed E-state index contributed by atoms with van der Waals surface area (Å²) in [6.07, 6.45) is 13.9. The first kappa shape index (κ1) is 24.9. The van der Waals surface area contributed by atoms with Gasteiger partial charge in [-0.1, -0.05) is 59.2 Å². The van der Waals surface area contributed by atoms with Gasteiger partial charge < -0.3 is 9.63 Å². The van der Waals surface area contributed by atoms with Crippen molar-refractivity contribution in [1.29, 1.82) is 0 Å². The van der Waals surface area contributed by atoms with Crippen molar-refractivity contribution in [2.75, 3.05) is 6.61 Å². The number of hydrogen-bond acceptors (Lipinski definition) is 4. The van der Waals surface area contributed by atoms with Crippen LogP contribution in [0, 0.1) is 44.8 Å². The van der Waals surface area contributed by atoms with Gasteiger partial charge in [0.25, 0.3) is 0 Å². The van der Waals surface area contributed by atoms with Crippen molar-refractivity contribution in [3.05, 3.63) is 29.2 Å². The zero-order chi connectivity index (χ0) is 25.9. The van der Waals surface area contributed by atoms with Crippen LogP contribution in [0.15, 0.2) is 22.4 Å². The summed E-state index contributed by atoms with van der Waals surface area (Å²) in [5.41, 5.74) is 2.82. The highest BCUT2D eigenvalue weighted by Crippen LogP contribution is 2.75. The average molecular weight is 494 g/mol. The second-order valence-electron chi connectivity index (χ2n) is 15.6. The van der Waals surface area contributed by atoms with E-state index >= 15 is 0 Å². The largest absolute Gasteiger partial charge is 0.396 e. The van der Waals surface area contributed by atoms with Crippen LogP contribution in [0.5, 0.6) is 0 Å². The Bertz CT molecular complexity index is 1130. The maximum atomic E-state index is 14.4. The number of aliphatic hydroxyl groups excluding tert-OH is 1. The molecule has 0 aliphatic heterocycles. The van der Waals surface area contributed by atoms with Crippen LogP contribution in [0.3, 0.4) is 0 Å². The van der Waals surface area contributed by atoms with E-state index < -0.39 is 0 Å². The molecule has 0 bridgehead atoms. The topological polar surface area (TPSA) is 63.3 Å². The maximum Gasteiger partial charge on any atom is 0.159 e. The minimum Gasteiger partial charge on any atom is -0.396 e. The third-order valence-corrected chi connectivity index (χ3v) is 13.1. The molecule has 7 atom stereocenters. The molecule has 2 unspecified atom stereocenters. The molecule has 1 N–H and O–H groups in total. The molecule has 1 aromatic rings. The molecular formula is C32H47NO3. The molecule has 1 heterocycles. The number of nitrogens with zero attached hydrogens (tertiary/aromatic N) is 1. The smallest absolute Gasteiger partial charge is 0.159 e. The van der Waals surface area contributed by atoms with Crippen molar-refractivity contribution in [1.82, 2.24) is 5.16 Å². The Kier molecular flexibility index (Phi) is 5.09. The molecule has 3 fully saturated rings. The second-order valence-corrected chi connectivity index (χ2v) is 15.6. The number of carbonyl (C=O) groups is 1. The van der Waals surface area contributed by atoms with E-state index in [1.54, 1.807) is 0 Å². The van der Waals surface area contributed by atoms with E-state index in [1.165, 1.54) is 17.6 Å². The van der Waals surface area contributed by atoms with Crippen LogP contribution >= 0.6 is 0 Å². The molecule has 198 valence electrons. The Balaban J connectivity index is 1.49. The van der Waals surface area contributed by atoms with Crippen LogP contribution in [0.4, 0.5) is 0 Å².